The Bertz CT molecular complexity index is 933. The molecule has 0 saturated carbocycles. The van der Waals surface area contributed by atoms with E-state index < -0.39 is 30.2 Å². The highest BCUT2D eigenvalue weighted by Crippen LogP contribution is 2.44. The molecule has 0 heterocycles. The summed E-state index contributed by atoms with van der Waals surface area (Å²) in [6.45, 7) is -0.266. The number of carboxylic acids is 1. The number of aliphatic hydroxyl groups excluding tert-OH is 1. The van der Waals surface area contributed by atoms with E-state index in [1.165, 1.54) is 7.11 Å². The van der Waals surface area contributed by atoms with Gasteiger partial charge in [0.05, 0.1) is 19.1 Å². The van der Waals surface area contributed by atoms with Gasteiger partial charge >= 0.3 is 12.1 Å². The number of carboxylic acid groups (broad SMARTS) is 1. The molecule has 2 amide bonds. The highest BCUT2D eigenvalue weighted by molar-refractivity contribution is 5.79. The van der Waals surface area contributed by atoms with Crippen LogP contribution in [0.1, 0.15) is 23.5 Å². The summed E-state index contributed by atoms with van der Waals surface area (Å²) in [5.74, 6) is -1.84. The van der Waals surface area contributed by atoms with Crippen LogP contribution in [-0.4, -0.2) is 67.2 Å². The minimum Gasteiger partial charge on any atom is -0.479 e. The quantitative estimate of drug-likeness (QED) is 0.438. The molecule has 0 radical (unpaired) electrons. The van der Waals surface area contributed by atoms with Crippen molar-refractivity contribution in [2.75, 3.05) is 26.8 Å². The third-order valence-electron chi connectivity index (χ3n) is 5.29. The topological polar surface area (TPSA) is 134 Å². The maximum absolute atomic E-state index is 12.1. The Labute approximate surface area is 185 Å². The van der Waals surface area contributed by atoms with Crippen molar-refractivity contribution in [1.82, 2.24) is 10.6 Å². The van der Waals surface area contributed by atoms with E-state index in [-0.39, 0.29) is 32.0 Å². The van der Waals surface area contributed by atoms with Crippen LogP contribution in [0, 0.1) is 0 Å². The first kappa shape index (κ1) is 23.2. The standard InChI is InChI=1S/C23H26N2O7/c1-31-20(22(28)29)12-24-21(27)10-14(26)11-25-23(30)32-13-19-17-8-4-2-6-15(17)16-7-3-5-9-18(16)19/h2-9,14,19-20,26H,10-13H2,1H3,(H,24,27)(H,25,30)(H,28,29). The zero-order valence-corrected chi connectivity index (χ0v) is 17.6. The third kappa shape index (κ3) is 5.63. The fourth-order valence-electron chi connectivity index (χ4n) is 3.69. The van der Waals surface area contributed by atoms with E-state index in [1.54, 1.807) is 0 Å². The number of amides is 2. The molecule has 4 N–H and O–H groups in total. The lowest BCUT2D eigenvalue weighted by Gasteiger charge is -2.16. The molecule has 2 unspecified atom stereocenters. The van der Waals surface area contributed by atoms with Crippen LogP contribution in [0.2, 0.25) is 0 Å². The molecule has 1 aliphatic carbocycles. The number of alkyl carbamates (subject to hydrolysis) is 1. The van der Waals surface area contributed by atoms with Gasteiger partial charge in [-0.05, 0) is 22.3 Å². The van der Waals surface area contributed by atoms with E-state index in [0.29, 0.717) is 0 Å². The van der Waals surface area contributed by atoms with E-state index in [4.69, 9.17) is 14.6 Å². The van der Waals surface area contributed by atoms with Gasteiger partial charge in [0.25, 0.3) is 0 Å². The summed E-state index contributed by atoms with van der Waals surface area (Å²) < 4.78 is 10.1. The molecule has 0 bridgehead atoms. The number of nitrogens with one attached hydrogen (secondary N) is 2. The number of carbonyl (C=O) groups is 3. The molecule has 0 aliphatic heterocycles. The molecule has 0 fully saturated rings. The van der Waals surface area contributed by atoms with Gasteiger partial charge in [-0.1, -0.05) is 48.5 Å². The third-order valence-corrected chi connectivity index (χ3v) is 5.29. The molecule has 3 rings (SSSR count). The van der Waals surface area contributed by atoms with Gasteiger partial charge in [0.1, 0.15) is 6.61 Å². The van der Waals surface area contributed by atoms with Crippen LogP contribution in [0.4, 0.5) is 4.79 Å². The second-order valence-electron chi connectivity index (χ2n) is 7.43. The normalized spacial score (nSPS) is 14.1. The van der Waals surface area contributed by atoms with Crippen molar-refractivity contribution in [2.45, 2.75) is 24.5 Å². The average molecular weight is 442 g/mol. The van der Waals surface area contributed by atoms with Gasteiger partial charge in [-0.2, -0.15) is 0 Å². The Morgan fingerprint density at radius 2 is 1.56 bits per heavy atom. The highest BCUT2D eigenvalue weighted by atomic mass is 16.5. The van der Waals surface area contributed by atoms with Gasteiger partial charge in [0.15, 0.2) is 6.10 Å². The number of hydrogen-bond acceptors (Lipinski definition) is 6. The molecule has 9 heteroatoms. The zero-order chi connectivity index (χ0) is 23.1. The van der Waals surface area contributed by atoms with E-state index in [2.05, 4.69) is 10.6 Å². The van der Waals surface area contributed by atoms with Crippen LogP contribution in [0.15, 0.2) is 48.5 Å². The van der Waals surface area contributed by atoms with Crippen LogP contribution in [0.25, 0.3) is 11.1 Å². The number of aliphatic hydroxyl groups is 1. The minimum atomic E-state index is -1.20. The zero-order valence-electron chi connectivity index (χ0n) is 17.6. The second kappa shape index (κ2) is 10.7. The van der Waals surface area contributed by atoms with Crippen molar-refractivity contribution >= 4 is 18.0 Å². The molecule has 2 aromatic rings. The maximum atomic E-state index is 12.1. The first-order valence-electron chi connectivity index (χ1n) is 10.2. The van der Waals surface area contributed by atoms with Crippen LogP contribution in [0.3, 0.4) is 0 Å². The average Bonchev–Trinajstić information content (AvgIpc) is 3.10. The lowest BCUT2D eigenvalue weighted by Crippen LogP contribution is -2.40. The number of ether oxygens (including phenoxy) is 2. The molecule has 9 nitrogen and oxygen atoms in total. The molecule has 0 aromatic heterocycles. The summed E-state index contributed by atoms with van der Waals surface area (Å²) in [7, 11) is 1.22. The molecular weight excluding hydrogens is 416 g/mol. The molecule has 0 spiro atoms. The number of fused-ring (bicyclic) bond motifs is 3. The largest absolute Gasteiger partial charge is 0.479 e. The Hall–Kier alpha value is -3.43. The predicted molar refractivity (Wildman–Crippen MR) is 115 cm³/mol. The van der Waals surface area contributed by atoms with Crippen molar-refractivity contribution in [1.29, 1.82) is 0 Å². The SMILES string of the molecule is COC(CNC(=O)CC(O)CNC(=O)OCC1c2ccccc2-c2ccccc21)C(=O)O. The first-order chi connectivity index (χ1) is 15.4. The minimum absolute atomic E-state index is 0.0770. The van der Waals surface area contributed by atoms with Crippen LogP contribution < -0.4 is 10.6 Å². The van der Waals surface area contributed by atoms with Crippen molar-refractivity contribution in [3.63, 3.8) is 0 Å². The number of aliphatic carboxylic acids is 1. The fourth-order valence-corrected chi connectivity index (χ4v) is 3.69. The highest BCUT2D eigenvalue weighted by Gasteiger charge is 2.29. The predicted octanol–water partition coefficient (Wildman–Crippen LogP) is 1.49. The smallest absolute Gasteiger partial charge is 0.407 e. The van der Waals surface area contributed by atoms with Crippen molar-refractivity contribution in [2.24, 2.45) is 0 Å². The van der Waals surface area contributed by atoms with Gasteiger partial charge in [0.2, 0.25) is 5.91 Å². The second-order valence-corrected chi connectivity index (χ2v) is 7.43. The summed E-state index contributed by atoms with van der Waals surface area (Å²) in [5.41, 5.74) is 4.43. The molecule has 2 aromatic carbocycles. The summed E-state index contributed by atoms with van der Waals surface area (Å²) >= 11 is 0. The van der Waals surface area contributed by atoms with Crippen LogP contribution in [-0.2, 0) is 19.1 Å². The Morgan fingerprint density at radius 1 is 0.969 bits per heavy atom. The van der Waals surface area contributed by atoms with E-state index in [0.717, 1.165) is 22.3 Å². The van der Waals surface area contributed by atoms with Gasteiger partial charge in [-0.25, -0.2) is 9.59 Å². The molecule has 170 valence electrons. The van der Waals surface area contributed by atoms with Crippen molar-refractivity contribution in [3.05, 3.63) is 59.7 Å². The summed E-state index contributed by atoms with van der Waals surface area (Å²) in [6, 6.07) is 16.0. The van der Waals surface area contributed by atoms with Crippen molar-refractivity contribution < 1.29 is 34.1 Å². The van der Waals surface area contributed by atoms with Crippen molar-refractivity contribution in [3.8, 4) is 11.1 Å². The Kier molecular flexibility index (Phi) is 7.80. The molecule has 32 heavy (non-hydrogen) atoms. The van der Waals surface area contributed by atoms with E-state index >= 15 is 0 Å². The summed E-state index contributed by atoms with van der Waals surface area (Å²) in [6.07, 6.45) is -3.33. The summed E-state index contributed by atoms with van der Waals surface area (Å²) in [4.78, 5) is 34.8. The first-order valence-corrected chi connectivity index (χ1v) is 10.2. The van der Waals surface area contributed by atoms with Crippen LogP contribution in [0.5, 0.6) is 0 Å². The molecule has 0 saturated heterocycles. The van der Waals surface area contributed by atoms with E-state index in [1.807, 2.05) is 48.5 Å². The fraction of sp³-hybridized carbons (Fsp3) is 0.348. The number of hydrogen-bond donors (Lipinski definition) is 4. The Morgan fingerprint density at radius 3 is 2.12 bits per heavy atom. The van der Waals surface area contributed by atoms with E-state index in [9.17, 15) is 19.5 Å². The van der Waals surface area contributed by atoms with Gasteiger partial charge in [-0.15, -0.1) is 0 Å². The number of benzene rings is 2. The van der Waals surface area contributed by atoms with Gasteiger partial charge < -0.3 is 30.3 Å². The monoisotopic (exact) mass is 442 g/mol. The molecule has 1 aliphatic rings. The lowest BCUT2D eigenvalue weighted by atomic mass is 9.98. The molecular formula is C23H26N2O7. The number of rotatable bonds is 10. The van der Waals surface area contributed by atoms with Gasteiger partial charge in [-0.3, -0.25) is 4.79 Å². The molecule has 2 atom stereocenters. The van der Waals surface area contributed by atoms with Gasteiger partial charge in [0, 0.05) is 19.6 Å². The van der Waals surface area contributed by atoms with Crippen LogP contribution >= 0.6 is 0 Å². The number of methoxy groups -OCH3 is 1. The lowest BCUT2D eigenvalue weighted by molar-refractivity contribution is -0.148. The maximum Gasteiger partial charge on any atom is 0.407 e. The summed E-state index contributed by atoms with van der Waals surface area (Å²) in [5, 5.41) is 23.6. The Balaban J connectivity index is 1.44. The number of carbonyl (C=O) groups excluding carboxylic acids is 2.